The van der Waals surface area contributed by atoms with Gasteiger partial charge in [-0.1, -0.05) is 26.0 Å². The molecule has 0 bridgehead atoms. The molecule has 3 aromatic rings. The molecule has 0 aliphatic rings. The van der Waals surface area contributed by atoms with Crippen molar-refractivity contribution in [1.29, 1.82) is 0 Å². The summed E-state index contributed by atoms with van der Waals surface area (Å²) in [5.41, 5.74) is 3.10. The molecule has 0 saturated heterocycles. The molecule has 0 N–H and O–H groups in total. The number of thiophene rings is 1. The first kappa shape index (κ1) is 25.4. The molecule has 1 atom stereocenters. The van der Waals surface area contributed by atoms with Crippen LogP contribution in [0.15, 0.2) is 53.4 Å². The van der Waals surface area contributed by atoms with E-state index in [2.05, 4.69) is 26.0 Å². The number of esters is 1. The number of aryl methyl sites for hydroxylation is 2. The quantitative estimate of drug-likeness (QED) is 0.244. The van der Waals surface area contributed by atoms with Crippen molar-refractivity contribution < 1.29 is 22.7 Å². The van der Waals surface area contributed by atoms with Crippen LogP contribution in [0.5, 0.6) is 0 Å². The van der Waals surface area contributed by atoms with E-state index in [-0.39, 0.29) is 11.2 Å². The third-order valence-electron chi connectivity index (χ3n) is 5.26. The van der Waals surface area contributed by atoms with Crippen molar-refractivity contribution in [3.63, 3.8) is 0 Å². The van der Waals surface area contributed by atoms with E-state index in [0.717, 1.165) is 44.2 Å². The second-order valence-corrected chi connectivity index (χ2v) is 10.5. The van der Waals surface area contributed by atoms with E-state index in [1.54, 1.807) is 18.7 Å². The first-order chi connectivity index (χ1) is 15.5. The highest BCUT2D eigenvalue weighted by atomic mass is 32.2. The molecule has 1 aromatic heterocycles. The van der Waals surface area contributed by atoms with E-state index in [1.165, 1.54) is 23.5 Å². The van der Waals surface area contributed by atoms with Crippen molar-refractivity contribution in [2.45, 2.75) is 50.9 Å². The summed E-state index contributed by atoms with van der Waals surface area (Å²) in [5, 5.41) is 0.161. The number of thioether (sulfide) groups is 1. The number of rotatable bonds is 7. The van der Waals surface area contributed by atoms with E-state index in [0.29, 0.717) is 17.4 Å². The largest absolute Gasteiger partial charge is 0.462 e. The highest BCUT2D eigenvalue weighted by Gasteiger charge is 2.30. The van der Waals surface area contributed by atoms with E-state index in [9.17, 15) is 18.0 Å². The fourth-order valence-electron chi connectivity index (χ4n) is 3.76. The molecule has 1 unspecified atom stereocenters. The molecule has 0 aliphatic carbocycles. The zero-order valence-corrected chi connectivity index (χ0v) is 20.9. The fraction of sp³-hybridized carbons (Fsp3) is 0.346. The predicted molar refractivity (Wildman–Crippen MR) is 130 cm³/mol. The van der Waals surface area contributed by atoms with Crippen molar-refractivity contribution in [2.24, 2.45) is 5.92 Å². The van der Waals surface area contributed by atoms with Gasteiger partial charge in [0.2, 0.25) is 0 Å². The van der Waals surface area contributed by atoms with Gasteiger partial charge >= 0.3 is 12.1 Å². The number of hydrogen-bond donors (Lipinski definition) is 0. The van der Waals surface area contributed by atoms with Gasteiger partial charge in [0.15, 0.2) is 0 Å². The van der Waals surface area contributed by atoms with Gasteiger partial charge in [-0.3, -0.25) is 0 Å². The Balaban J connectivity index is 1.87. The fourth-order valence-corrected chi connectivity index (χ4v) is 6.36. The van der Waals surface area contributed by atoms with Crippen LogP contribution in [0.25, 0.3) is 11.1 Å². The number of alkyl halides is 3. The average Bonchev–Trinajstić information content (AvgIpc) is 3.21. The standard InChI is InChI=1S/C26H27F3O2S2/c1-6-31-25(30)22-12-11-21(33-22)24(15(2)3)32-20-13-16(4)23(17(5)14-20)18-7-9-19(10-8-18)26(27,28)29/h7-15,24H,6H2,1-5H3. The van der Waals surface area contributed by atoms with E-state index >= 15 is 0 Å². The van der Waals surface area contributed by atoms with E-state index in [4.69, 9.17) is 4.74 Å². The number of benzene rings is 2. The molecule has 7 heteroatoms. The Kier molecular flexibility index (Phi) is 7.96. The first-order valence-corrected chi connectivity index (χ1v) is 12.4. The highest BCUT2D eigenvalue weighted by molar-refractivity contribution is 7.99. The molecule has 176 valence electrons. The van der Waals surface area contributed by atoms with Crippen LogP contribution in [0, 0.1) is 19.8 Å². The van der Waals surface area contributed by atoms with Crippen LogP contribution in [0.1, 0.15) is 57.3 Å². The van der Waals surface area contributed by atoms with Gasteiger partial charge in [0, 0.05) is 15.0 Å². The van der Waals surface area contributed by atoms with Crippen LogP contribution in [0.2, 0.25) is 0 Å². The van der Waals surface area contributed by atoms with Crippen LogP contribution < -0.4 is 0 Å². The Morgan fingerprint density at radius 1 is 1.03 bits per heavy atom. The third kappa shape index (κ3) is 6.01. The summed E-state index contributed by atoms with van der Waals surface area (Å²) in [6.07, 6.45) is -4.34. The SMILES string of the molecule is CCOC(=O)c1ccc(C(Sc2cc(C)c(-c3ccc(C(F)(F)F)cc3)c(C)c2)C(C)C)s1. The van der Waals surface area contributed by atoms with Crippen molar-refractivity contribution in [3.8, 4) is 11.1 Å². The lowest BCUT2D eigenvalue weighted by Gasteiger charge is -2.21. The number of carbonyl (C=O) groups is 1. The monoisotopic (exact) mass is 492 g/mol. The summed E-state index contributed by atoms with van der Waals surface area (Å²) in [5.74, 6) is 0.0349. The van der Waals surface area contributed by atoms with Gasteiger partial charge in [-0.15, -0.1) is 23.1 Å². The topological polar surface area (TPSA) is 26.3 Å². The molecule has 1 heterocycles. The molecular weight excluding hydrogens is 465 g/mol. The Morgan fingerprint density at radius 2 is 1.64 bits per heavy atom. The molecule has 0 spiro atoms. The van der Waals surface area contributed by atoms with Gasteiger partial charge in [0.1, 0.15) is 4.88 Å². The smallest absolute Gasteiger partial charge is 0.416 e. The Hall–Kier alpha value is -2.25. The minimum Gasteiger partial charge on any atom is -0.462 e. The number of carbonyl (C=O) groups excluding carboxylic acids is 1. The molecule has 3 rings (SSSR count). The van der Waals surface area contributed by atoms with Gasteiger partial charge in [-0.25, -0.2) is 4.79 Å². The highest BCUT2D eigenvalue weighted by Crippen LogP contribution is 2.45. The maximum Gasteiger partial charge on any atom is 0.416 e. The van der Waals surface area contributed by atoms with Crippen LogP contribution in [-0.4, -0.2) is 12.6 Å². The maximum atomic E-state index is 12.9. The lowest BCUT2D eigenvalue weighted by molar-refractivity contribution is -0.137. The summed E-state index contributed by atoms with van der Waals surface area (Å²) in [6.45, 7) is 10.4. The molecule has 0 fully saturated rings. The van der Waals surface area contributed by atoms with Crippen molar-refractivity contribution in [3.05, 3.63) is 75.0 Å². The number of halogens is 3. The van der Waals surface area contributed by atoms with Crippen molar-refractivity contribution in [1.82, 2.24) is 0 Å². The molecule has 2 nitrogen and oxygen atoms in total. The van der Waals surface area contributed by atoms with Gasteiger partial charge in [-0.2, -0.15) is 13.2 Å². The van der Waals surface area contributed by atoms with Gasteiger partial charge in [-0.05, 0) is 85.3 Å². The molecular formula is C26H27F3O2S2. The van der Waals surface area contributed by atoms with E-state index < -0.39 is 11.7 Å². The van der Waals surface area contributed by atoms with E-state index in [1.807, 2.05) is 26.0 Å². The van der Waals surface area contributed by atoms with Crippen LogP contribution in [0.3, 0.4) is 0 Å². The Bertz CT molecular complexity index is 1090. The van der Waals surface area contributed by atoms with Crippen LogP contribution in [0.4, 0.5) is 13.2 Å². The predicted octanol–water partition coefficient (Wildman–Crippen LogP) is 8.72. The Morgan fingerprint density at radius 3 is 2.15 bits per heavy atom. The number of ether oxygens (including phenoxy) is 1. The maximum absolute atomic E-state index is 12.9. The summed E-state index contributed by atoms with van der Waals surface area (Å²) in [7, 11) is 0. The molecule has 33 heavy (non-hydrogen) atoms. The number of hydrogen-bond acceptors (Lipinski definition) is 4. The van der Waals surface area contributed by atoms with Crippen molar-refractivity contribution >= 4 is 29.1 Å². The zero-order chi connectivity index (χ0) is 24.3. The minimum absolute atomic E-state index is 0.161. The summed E-state index contributed by atoms with van der Waals surface area (Å²) >= 11 is 3.20. The first-order valence-electron chi connectivity index (χ1n) is 10.7. The summed E-state index contributed by atoms with van der Waals surface area (Å²) < 4.78 is 43.9. The lowest BCUT2D eigenvalue weighted by atomic mass is 9.95. The molecule has 0 radical (unpaired) electrons. The molecule has 0 saturated carbocycles. The molecule has 2 aromatic carbocycles. The van der Waals surface area contributed by atoms with Gasteiger partial charge < -0.3 is 4.74 Å². The van der Waals surface area contributed by atoms with Gasteiger partial charge in [0.05, 0.1) is 12.2 Å². The van der Waals surface area contributed by atoms with Gasteiger partial charge in [0.25, 0.3) is 0 Å². The zero-order valence-electron chi connectivity index (χ0n) is 19.2. The average molecular weight is 493 g/mol. The summed E-state index contributed by atoms with van der Waals surface area (Å²) in [4.78, 5) is 14.9. The molecule has 0 amide bonds. The van der Waals surface area contributed by atoms with Crippen LogP contribution >= 0.6 is 23.1 Å². The summed E-state index contributed by atoms with van der Waals surface area (Å²) in [6, 6.07) is 13.3. The normalized spacial score (nSPS) is 12.8. The Labute approximate surface area is 201 Å². The van der Waals surface area contributed by atoms with Crippen LogP contribution in [-0.2, 0) is 10.9 Å². The third-order valence-corrected chi connectivity index (χ3v) is 8.12. The minimum atomic E-state index is -4.34. The second kappa shape index (κ2) is 10.3. The van der Waals surface area contributed by atoms with Crippen molar-refractivity contribution in [2.75, 3.05) is 6.61 Å². The molecule has 0 aliphatic heterocycles. The lowest BCUT2D eigenvalue weighted by Crippen LogP contribution is -2.04. The second-order valence-electron chi connectivity index (χ2n) is 8.21.